The summed E-state index contributed by atoms with van der Waals surface area (Å²) in [4.78, 5) is 0. The lowest BCUT2D eigenvalue weighted by Crippen LogP contribution is -2.39. The Balaban J connectivity index is -0.000000680. The maximum Gasteiger partial charge on any atom is 0.246 e. The van der Waals surface area contributed by atoms with Gasteiger partial charge in [0.05, 0.1) is 0 Å². The van der Waals surface area contributed by atoms with Gasteiger partial charge in [-0.1, -0.05) is 189 Å². The van der Waals surface area contributed by atoms with Gasteiger partial charge in [0, 0.05) is 16.2 Å². The van der Waals surface area contributed by atoms with E-state index in [0.717, 1.165) is 34.5 Å². The number of para-hydroxylation sites is 4. The van der Waals surface area contributed by atoms with Crippen LogP contribution >= 0.6 is 0 Å². The number of fused-ring (bicyclic) bond motifs is 4. The third kappa shape index (κ3) is 16.6. The molecule has 0 radical (unpaired) electrons. The molecule has 6 nitrogen and oxygen atoms in total. The van der Waals surface area contributed by atoms with Crippen molar-refractivity contribution in [2.24, 2.45) is 16.2 Å². The molecule has 4 aromatic carbocycles. The Labute approximate surface area is 345 Å². The van der Waals surface area contributed by atoms with Gasteiger partial charge in [0.1, 0.15) is 25.4 Å². The van der Waals surface area contributed by atoms with Crippen molar-refractivity contribution in [1.29, 1.82) is 0 Å². The van der Waals surface area contributed by atoms with Crippen molar-refractivity contribution in [1.82, 2.24) is 0 Å². The fourth-order valence-electron chi connectivity index (χ4n) is 4.88. The van der Waals surface area contributed by atoms with Gasteiger partial charge < -0.3 is 28.4 Å². The molecule has 320 valence electrons. The predicted octanol–water partition coefficient (Wildman–Crippen LogP) is 15.7. The zero-order valence-corrected chi connectivity index (χ0v) is 36.2. The number of hydrogen-bond donors (Lipinski definition) is 0. The van der Waals surface area contributed by atoms with E-state index in [9.17, 15) is 0 Å². The van der Waals surface area contributed by atoms with Crippen LogP contribution in [0.4, 0.5) is 0 Å². The Bertz CT molecular complexity index is 1570. The van der Waals surface area contributed by atoms with Crippen molar-refractivity contribution in [3.8, 4) is 34.5 Å². The molecule has 3 heterocycles. The van der Waals surface area contributed by atoms with Gasteiger partial charge in [-0.3, -0.25) is 0 Å². The Kier molecular flexibility index (Phi) is 26.9. The average molecular weight is 781 g/mol. The van der Waals surface area contributed by atoms with Crippen LogP contribution in [-0.4, -0.2) is 31.7 Å². The molecule has 4 aromatic rings. The van der Waals surface area contributed by atoms with Crippen LogP contribution in [0, 0.1) is 16.2 Å². The van der Waals surface area contributed by atoms with Crippen molar-refractivity contribution in [2.75, 3.05) is 13.2 Å². The van der Waals surface area contributed by atoms with Gasteiger partial charge in [-0.05, 0) is 47.2 Å². The molecule has 56 heavy (non-hydrogen) atoms. The highest BCUT2D eigenvalue weighted by Gasteiger charge is 2.35. The third-order valence-electron chi connectivity index (χ3n) is 7.94. The molecule has 3 aliphatic rings. The summed E-state index contributed by atoms with van der Waals surface area (Å²) in [5, 5.41) is 2.38. The first-order valence-electron chi connectivity index (χ1n) is 19.8. The van der Waals surface area contributed by atoms with Crippen molar-refractivity contribution >= 4 is 10.8 Å². The molecule has 0 saturated carbocycles. The Hall–Kier alpha value is -4.06. The van der Waals surface area contributed by atoms with E-state index in [0.29, 0.717) is 13.2 Å². The highest BCUT2D eigenvalue weighted by molar-refractivity contribution is 5.86. The quantitative estimate of drug-likeness (QED) is 0.177. The molecular weight excluding hydrogens is 697 g/mol. The number of benzene rings is 4. The molecule has 0 spiro atoms. The summed E-state index contributed by atoms with van der Waals surface area (Å²) in [6, 6.07) is 28.0. The van der Waals surface area contributed by atoms with E-state index in [-0.39, 0.29) is 57.0 Å². The maximum atomic E-state index is 6.08. The molecule has 2 atom stereocenters. The Morgan fingerprint density at radius 1 is 0.375 bits per heavy atom. The van der Waals surface area contributed by atoms with Gasteiger partial charge >= 0.3 is 0 Å². The van der Waals surface area contributed by atoms with E-state index in [1.165, 1.54) is 10.8 Å². The van der Waals surface area contributed by atoms with Crippen LogP contribution in [0.5, 0.6) is 34.5 Å². The maximum absolute atomic E-state index is 6.08. The van der Waals surface area contributed by atoms with Gasteiger partial charge in [-0.15, -0.1) is 0 Å². The van der Waals surface area contributed by atoms with Gasteiger partial charge in [-0.25, -0.2) is 0 Å². The van der Waals surface area contributed by atoms with Crippen LogP contribution in [0.1, 0.15) is 140 Å². The normalized spacial score (nSPS) is 15.4. The minimum atomic E-state index is -0.162. The monoisotopic (exact) mass is 781 g/mol. The van der Waals surface area contributed by atoms with E-state index in [2.05, 4.69) is 86.6 Å². The molecule has 3 aliphatic heterocycles. The lowest BCUT2D eigenvalue weighted by molar-refractivity contribution is -0.0396. The third-order valence-corrected chi connectivity index (χ3v) is 7.94. The van der Waals surface area contributed by atoms with Crippen molar-refractivity contribution in [3.63, 3.8) is 0 Å². The SMILES string of the molecule is C.C.C.CC.CC.CC.CC.CC(C)(C)C1COc2cc3ccccc3cc2O1.CC(C)(C)C1COc2ccccc2O1.CC(C)(C)C1Oc2ccccc2O1. The van der Waals surface area contributed by atoms with Gasteiger partial charge in [0.2, 0.25) is 6.29 Å². The number of hydrogen-bond acceptors (Lipinski definition) is 6. The highest BCUT2D eigenvalue weighted by Crippen LogP contribution is 2.40. The zero-order chi connectivity index (χ0) is 40.4. The Morgan fingerprint density at radius 3 is 1.05 bits per heavy atom. The molecule has 0 fully saturated rings. The summed E-state index contributed by atoms with van der Waals surface area (Å²) in [6.45, 7) is 36.6. The minimum absolute atomic E-state index is 0. The molecule has 0 saturated heterocycles. The van der Waals surface area contributed by atoms with E-state index in [4.69, 9.17) is 28.4 Å². The molecule has 0 amide bonds. The summed E-state index contributed by atoms with van der Waals surface area (Å²) >= 11 is 0. The van der Waals surface area contributed by atoms with E-state index in [1.54, 1.807) is 0 Å². The molecular formula is C50H84O6. The molecule has 0 bridgehead atoms. The second-order valence-corrected chi connectivity index (χ2v) is 15.0. The standard InChI is InChI=1S/C16H18O2.C12H16O2.C11H14O2.4C2H6.3CH4/c1-16(2,3)15-10-17-13-8-11-6-4-5-7-12(11)9-14(13)18-15;1-12(2,3)11-8-13-9-6-4-5-7-10(9)14-11;1-11(2,3)10-12-8-6-4-5-7-9(8)13-10;4*1-2;;;/h4-9,15H,10H2,1-3H3;4-7,11H,8H2,1-3H3;4-7,10H,1-3H3;4*1-2H3;3*1H4. The fraction of sp³-hybridized carbons (Fsp3) is 0.560. The van der Waals surface area contributed by atoms with Crippen LogP contribution in [0.15, 0.2) is 84.9 Å². The molecule has 0 N–H and O–H groups in total. The second kappa shape index (κ2) is 26.7. The lowest BCUT2D eigenvalue weighted by Gasteiger charge is -2.35. The zero-order valence-electron chi connectivity index (χ0n) is 36.2. The topological polar surface area (TPSA) is 55.4 Å². The van der Waals surface area contributed by atoms with Crippen LogP contribution in [-0.2, 0) is 0 Å². The van der Waals surface area contributed by atoms with Crippen LogP contribution in [0.2, 0.25) is 0 Å². The number of rotatable bonds is 0. The second-order valence-electron chi connectivity index (χ2n) is 15.0. The fourth-order valence-corrected chi connectivity index (χ4v) is 4.88. The van der Waals surface area contributed by atoms with E-state index < -0.39 is 0 Å². The first-order chi connectivity index (χ1) is 25.2. The highest BCUT2D eigenvalue weighted by atomic mass is 16.7. The lowest BCUT2D eigenvalue weighted by atomic mass is 9.89. The summed E-state index contributed by atoms with van der Waals surface area (Å²) in [5.41, 5.74) is 0.218. The molecule has 0 aliphatic carbocycles. The van der Waals surface area contributed by atoms with Crippen molar-refractivity contribution in [2.45, 2.75) is 158 Å². The first-order valence-corrected chi connectivity index (χ1v) is 19.8. The van der Waals surface area contributed by atoms with Gasteiger partial charge in [0.15, 0.2) is 34.5 Å². The van der Waals surface area contributed by atoms with Crippen LogP contribution in [0.3, 0.4) is 0 Å². The van der Waals surface area contributed by atoms with Crippen molar-refractivity contribution < 1.29 is 28.4 Å². The summed E-state index contributed by atoms with van der Waals surface area (Å²) in [5.74, 6) is 5.13. The molecule has 0 aromatic heterocycles. The summed E-state index contributed by atoms with van der Waals surface area (Å²) in [7, 11) is 0. The molecule has 7 rings (SSSR count). The van der Waals surface area contributed by atoms with E-state index in [1.807, 2.05) is 116 Å². The van der Waals surface area contributed by atoms with Crippen LogP contribution in [0.25, 0.3) is 10.8 Å². The smallest absolute Gasteiger partial charge is 0.246 e. The van der Waals surface area contributed by atoms with Crippen molar-refractivity contribution in [3.05, 3.63) is 84.9 Å². The van der Waals surface area contributed by atoms with Crippen LogP contribution < -0.4 is 28.4 Å². The van der Waals surface area contributed by atoms with Gasteiger partial charge in [-0.2, -0.15) is 0 Å². The first kappa shape index (κ1) is 56.3. The van der Waals surface area contributed by atoms with Gasteiger partial charge in [0.25, 0.3) is 0 Å². The average Bonchev–Trinajstić information content (AvgIpc) is 3.62. The largest absolute Gasteiger partial charge is 0.486 e. The van der Waals surface area contributed by atoms with E-state index >= 15 is 0 Å². The predicted molar refractivity (Wildman–Crippen MR) is 246 cm³/mol. The molecule has 2 unspecified atom stereocenters. The molecule has 6 heteroatoms. The minimum Gasteiger partial charge on any atom is -0.486 e. The Morgan fingerprint density at radius 2 is 0.679 bits per heavy atom. The number of ether oxygens (including phenoxy) is 6. The summed E-state index contributed by atoms with van der Waals surface area (Å²) < 4.78 is 34.7. The summed E-state index contributed by atoms with van der Waals surface area (Å²) in [6.07, 6.45) is 0.0773.